The van der Waals surface area contributed by atoms with Crippen molar-refractivity contribution in [2.45, 2.75) is 40.7 Å². The van der Waals surface area contributed by atoms with E-state index in [4.69, 9.17) is 9.47 Å². The number of carbonyl (C=O) groups is 2. The predicted octanol–water partition coefficient (Wildman–Crippen LogP) is 5.55. The lowest BCUT2D eigenvalue weighted by Crippen LogP contribution is -2.28. The maximum atomic E-state index is 12.5. The third-order valence-electron chi connectivity index (χ3n) is 5.16. The topological polar surface area (TPSA) is 64.6 Å². The lowest BCUT2D eigenvalue weighted by atomic mass is 10.1. The number of amides is 1. The number of carbonyl (C=O) groups excluding carboxylic acids is 2. The van der Waals surface area contributed by atoms with Crippen molar-refractivity contribution in [3.63, 3.8) is 0 Å². The fourth-order valence-corrected chi connectivity index (χ4v) is 3.11. The van der Waals surface area contributed by atoms with E-state index in [1.54, 1.807) is 31.2 Å². The molecular weight excluding hydrogens is 390 g/mol. The van der Waals surface area contributed by atoms with Gasteiger partial charge in [-0.3, -0.25) is 4.79 Å². The Labute approximate surface area is 183 Å². The number of nitrogens with one attached hydrogen (secondary N) is 1. The van der Waals surface area contributed by atoms with Crippen LogP contribution in [0.2, 0.25) is 0 Å². The van der Waals surface area contributed by atoms with Crippen molar-refractivity contribution >= 4 is 17.6 Å². The molecule has 0 bridgehead atoms. The van der Waals surface area contributed by atoms with Gasteiger partial charge in [-0.05, 0) is 87.7 Å². The lowest BCUT2D eigenvalue weighted by molar-refractivity contribution is -0.141. The van der Waals surface area contributed by atoms with Crippen molar-refractivity contribution in [1.29, 1.82) is 0 Å². The highest BCUT2D eigenvalue weighted by Crippen LogP contribution is 2.23. The first kappa shape index (κ1) is 22.1. The van der Waals surface area contributed by atoms with Crippen LogP contribution in [0.5, 0.6) is 11.5 Å². The number of hydrogen-bond donors (Lipinski definition) is 1. The van der Waals surface area contributed by atoms with Crippen LogP contribution in [0.4, 0.5) is 5.69 Å². The minimum atomic E-state index is -0.770. The summed E-state index contributed by atoms with van der Waals surface area (Å²) in [6.45, 7) is 9.54. The molecule has 0 heterocycles. The van der Waals surface area contributed by atoms with Gasteiger partial charge < -0.3 is 14.8 Å². The first-order valence-electron chi connectivity index (χ1n) is 10.2. The number of rotatable bonds is 6. The van der Waals surface area contributed by atoms with Gasteiger partial charge in [0.05, 0.1) is 0 Å². The Morgan fingerprint density at radius 1 is 0.871 bits per heavy atom. The van der Waals surface area contributed by atoms with E-state index < -0.39 is 12.1 Å². The average Bonchev–Trinajstić information content (AvgIpc) is 2.73. The van der Waals surface area contributed by atoms with Crippen LogP contribution >= 0.6 is 0 Å². The summed E-state index contributed by atoms with van der Waals surface area (Å²) in [4.78, 5) is 24.9. The van der Waals surface area contributed by atoms with Crippen LogP contribution in [0.1, 0.15) is 39.5 Å². The third-order valence-corrected chi connectivity index (χ3v) is 5.16. The number of ether oxygens (including phenoxy) is 2. The monoisotopic (exact) mass is 417 g/mol. The fraction of sp³-hybridized carbons (Fsp3) is 0.231. The molecule has 1 unspecified atom stereocenters. The van der Waals surface area contributed by atoms with Gasteiger partial charge >= 0.3 is 5.97 Å². The molecule has 3 aromatic rings. The summed E-state index contributed by atoms with van der Waals surface area (Å²) in [5.74, 6) is 0.275. The van der Waals surface area contributed by atoms with Crippen LogP contribution in [0.15, 0.2) is 60.7 Å². The Morgan fingerprint density at radius 3 is 2.26 bits per heavy atom. The van der Waals surface area contributed by atoms with Crippen molar-refractivity contribution < 1.29 is 19.1 Å². The van der Waals surface area contributed by atoms with Crippen molar-refractivity contribution in [2.75, 3.05) is 5.32 Å². The zero-order valence-corrected chi connectivity index (χ0v) is 18.5. The molecule has 31 heavy (non-hydrogen) atoms. The number of anilines is 1. The highest BCUT2D eigenvalue weighted by molar-refractivity contribution is 6.04. The number of aryl methyl sites for hydroxylation is 3. The minimum absolute atomic E-state index is 0.226. The van der Waals surface area contributed by atoms with Crippen molar-refractivity contribution in [3.8, 4) is 11.5 Å². The number of hydrogen-bond acceptors (Lipinski definition) is 4. The molecule has 0 saturated heterocycles. The lowest BCUT2D eigenvalue weighted by Gasteiger charge is -2.16. The molecule has 5 heteroatoms. The van der Waals surface area contributed by atoms with Gasteiger partial charge in [0.1, 0.15) is 11.5 Å². The van der Waals surface area contributed by atoms with Gasteiger partial charge in [0, 0.05) is 11.3 Å². The predicted molar refractivity (Wildman–Crippen MR) is 122 cm³/mol. The van der Waals surface area contributed by atoms with E-state index in [1.165, 1.54) is 0 Å². The molecule has 0 fully saturated rings. The molecule has 5 nitrogen and oxygen atoms in total. The fourth-order valence-electron chi connectivity index (χ4n) is 3.11. The summed E-state index contributed by atoms with van der Waals surface area (Å²) in [7, 11) is 0. The standard InChI is InChI=1S/C26H27NO4/c1-16-9-14-23(18(3)15-16)27-25(28)21-10-12-22(13-11-21)31-26(29)20(5)30-24-8-6-7-17(2)19(24)4/h6-15,20H,1-5H3,(H,27,28). The van der Waals surface area contributed by atoms with Crippen molar-refractivity contribution in [3.05, 3.63) is 88.5 Å². The second-order valence-electron chi connectivity index (χ2n) is 7.68. The van der Waals surface area contributed by atoms with Crippen LogP contribution in [0.25, 0.3) is 0 Å². The smallest absolute Gasteiger partial charge is 0.352 e. The van der Waals surface area contributed by atoms with Crippen molar-refractivity contribution in [1.82, 2.24) is 0 Å². The molecule has 0 radical (unpaired) electrons. The SMILES string of the molecule is Cc1ccc(NC(=O)c2ccc(OC(=O)C(C)Oc3cccc(C)c3C)cc2)c(C)c1. The average molecular weight is 418 g/mol. The molecule has 3 aromatic carbocycles. The van der Waals surface area contributed by atoms with Gasteiger partial charge in [-0.15, -0.1) is 0 Å². The van der Waals surface area contributed by atoms with Crippen molar-refractivity contribution in [2.24, 2.45) is 0 Å². The van der Waals surface area contributed by atoms with E-state index in [0.29, 0.717) is 17.1 Å². The highest BCUT2D eigenvalue weighted by Gasteiger charge is 2.19. The Hall–Kier alpha value is -3.60. The molecule has 0 saturated carbocycles. The molecule has 0 spiro atoms. The Bertz CT molecular complexity index is 1100. The first-order valence-corrected chi connectivity index (χ1v) is 10.2. The Kier molecular flexibility index (Phi) is 6.75. The van der Waals surface area contributed by atoms with E-state index in [0.717, 1.165) is 27.9 Å². The van der Waals surface area contributed by atoms with E-state index in [-0.39, 0.29) is 5.91 Å². The molecule has 0 aliphatic rings. The summed E-state index contributed by atoms with van der Waals surface area (Å²) >= 11 is 0. The summed E-state index contributed by atoms with van der Waals surface area (Å²) in [5, 5.41) is 2.90. The molecule has 0 aliphatic carbocycles. The third kappa shape index (κ3) is 5.51. The largest absolute Gasteiger partial charge is 0.479 e. The molecular formula is C26H27NO4. The number of esters is 1. The first-order chi connectivity index (χ1) is 14.7. The summed E-state index contributed by atoms with van der Waals surface area (Å²) in [5.41, 5.74) is 5.45. The summed E-state index contributed by atoms with van der Waals surface area (Å²) in [6.07, 6.45) is -0.770. The molecule has 1 N–H and O–H groups in total. The zero-order valence-electron chi connectivity index (χ0n) is 18.5. The van der Waals surface area contributed by atoms with E-state index >= 15 is 0 Å². The normalized spacial score (nSPS) is 11.5. The van der Waals surface area contributed by atoms with Crippen LogP contribution in [0, 0.1) is 27.7 Å². The quantitative estimate of drug-likeness (QED) is 0.422. The van der Waals surface area contributed by atoms with Gasteiger partial charge in [0.25, 0.3) is 5.91 Å². The molecule has 1 atom stereocenters. The van der Waals surface area contributed by atoms with Crippen LogP contribution in [-0.2, 0) is 4.79 Å². The molecule has 1 amide bonds. The van der Waals surface area contributed by atoms with Crippen LogP contribution in [0.3, 0.4) is 0 Å². The van der Waals surface area contributed by atoms with Crippen LogP contribution in [-0.4, -0.2) is 18.0 Å². The maximum absolute atomic E-state index is 12.5. The maximum Gasteiger partial charge on any atom is 0.352 e. The number of benzene rings is 3. The van der Waals surface area contributed by atoms with Gasteiger partial charge in [-0.25, -0.2) is 4.79 Å². The Balaban J connectivity index is 1.61. The highest BCUT2D eigenvalue weighted by atomic mass is 16.6. The summed E-state index contributed by atoms with van der Waals surface area (Å²) in [6, 6.07) is 18.0. The molecule has 3 rings (SSSR count). The van der Waals surface area contributed by atoms with E-state index in [2.05, 4.69) is 5.32 Å². The summed E-state index contributed by atoms with van der Waals surface area (Å²) < 4.78 is 11.2. The second-order valence-corrected chi connectivity index (χ2v) is 7.68. The van der Waals surface area contributed by atoms with Crippen LogP contribution < -0.4 is 14.8 Å². The van der Waals surface area contributed by atoms with E-state index in [1.807, 2.05) is 64.1 Å². The van der Waals surface area contributed by atoms with Gasteiger partial charge in [-0.2, -0.15) is 0 Å². The van der Waals surface area contributed by atoms with Gasteiger partial charge in [0.2, 0.25) is 0 Å². The van der Waals surface area contributed by atoms with Gasteiger partial charge in [0.15, 0.2) is 6.10 Å². The molecule has 0 aromatic heterocycles. The zero-order chi connectivity index (χ0) is 22.5. The molecule has 160 valence electrons. The minimum Gasteiger partial charge on any atom is -0.479 e. The van der Waals surface area contributed by atoms with E-state index in [9.17, 15) is 9.59 Å². The van der Waals surface area contributed by atoms with Gasteiger partial charge in [-0.1, -0.05) is 29.8 Å². The molecule has 0 aliphatic heterocycles. The second kappa shape index (κ2) is 9.47. The Morgan fingerprint density at radius 2 is 1.58 bits per heavy atom.